The molecule has 3 aromatic rings. The third-order valence-electron chi connectivity index (χ3n) is 2.97. The van der Waals surface area contributed by atoms with Gasteiger partial charge in [0.2, 0.25) is 0 Å². The van der Waals surface area contributed by atoms with Crippen molar-refractivity contribution in [2.75, 3.05) is 6.26 Å². The normalized spacial score (nSPS) is 12.2. The Balaban J connectivity index is 2.20. The van der Waals surface area contributed by atoms with Gasteiger partial charge in [0, 0.05) is 17.8 Å². The Kier molecular flexibility index (Phi) is 3.48. The van der Waals surface area contributed by atoms with Crippen LogP contribution in [0.2, 0.25) is 0 Å². The van der Waals surface area contributed by atoms with Gasteiger partial charge in [-0.05, 0) is 24.3 Å². The highest BCUT2D eigenvalue weighted by molar-refractivity contribution is 7.84. The first kappa shape index (κ1) is 12.8. The predicted molar refractivity (Wildman–Crippen MR) is 80.6 cm³/mol. The molecule has 0 saturated heterocycles. The summed E-state index contributed by atoms with van der Waals surface area (Å²) in [5, 5.41) is 0.865. The molecule has 0 aliphatic carbocycles. The summed E-state index contributed by atoms with van der Waals surface area (Å²) in [6.07, 6.45) is 3.25. The fourth-order valence-corrected chi connectivity index (χ4v) is 2.63. The second-order valence-electron chi connectivity index (χ2n) is 4.34. The van der Waals surface area contributed by atoms with Gasteiger partial charge in [0.25, 0.3) is 0 Å². The molecule has 0 spiro atoms. The molecular weight excluding hydrogens is 270 g/mol. The van der Waals surface area contributed by atoms with Crippen molar-refractivity contribution < 1.29 is 8.95 Å². The Morgan fingerprint density at radius 1 is 1.00 bits per heavy atom. The van der Waals surface area contributed by atoms with Crippen molar-refractivity contribution >= 4 is 21.7 Å². The number of hydrogen-bond acceptors (Lipinski definition) is 3. The Bertz CT molecular complexity index is 772. The Morgan fingerprint density at radius 3 is 2.45 bits per heavy atom. The van der Waals surface area contributed by atoms with E-state index in [1.807, 2.05) is 54.6 Å². The zero-order valence-corrected chi connectivity index (χ0v) is 11.8. The number of para-hydroxylation sites is 2. The molecule has 2 aromatic carbocycles. The molecule has 4 heteroatoms. The third kappa shape index (κ3) is 2.42. The zero-order chi connectivity index (χ0) is 13.9. The lowest BCUT2D eigenvalue weighted by Crippen LogP contribution is -1.96. The number of ether oxygens (including phenoxy) is 1. The van der Waals surface area contributed by atoms with Gasteiger partial charge in [0.05, 0.1) is 16.3 Å². The van der Waals surface area contributed by atoms with Gasteiger partial charge >= 0.3 is 0 Å². The fourth-order valence-electron chi connectivity index (χ4n) is 2.01. The number of fused-ring (bicyclic) bond motifs is 1. The first-order valence-corrected chi connectivity index (χ1v) is 7.75. The predicted octanol–water partition coefficient (Wildman–Crippen LogP) is 3.76. The maximum atomic E-state index is 11.9. The van der Waals surface area contributed by atoms with Crippen molar-refractivity contribution in [3.8, 4) is 11.5 Å². The topological polar surface area (TPSA) is 39.2 Å². The summed E-state index contributed by atoms with van der Waals surface area (Å²) in [5.74, 6) is 1.33. The summed E-state index contributed by atoms with van der Waals surface area (Å²) in [4.78, 5) is 4.94. The van der Waals surface area contributed by atoms with Crippen LogP contribution >= 0.6 is 0 Å². The van der Waals surface area contributed by atoms with Crippen molar-refractivity contribution in [1.82, 2.24) is 4.98 Å². The molecule has 1 heterocycles. The second-order valence-corrected chi connectivity index (χ2v) is 5.69. The van der Waals surface area contributed by atoms with E-state index in [2.05, 4.69) is 4.98 Å². The standard InChI is InChI=1S/C16H13NO2S/c1-20(18)15-11-17-14-10-6-5-9-13(14)16(15)19-12-7-3-2-4-8-12/h2-11H,1H3. The molecule has 20 heavy (non-hydrogen) atoms. The monoisotopic (exact) mass is 283 g/mol. The quantitative estimate of drug-likeness (QED) is 0.734. The highest BCUT2D eigenvalue weighted by Gasteiger charge is 2.13. The smallest absolute Gasteiger partial charge is 0.154 e. The summed E-state index contributed by atoms with van der Waals surface area (Å²) in [5.41, 5.74) is 0.827. The SMILES string of the molecule is CS(=O)c1cnc2ccccc2c1Oc1ccccc1. The number of rotatable bonds is 3. The van der Waals surface area contributed by atoms with Crippen LogP contribution in [0.3, 0.4) is 0 Å². The summed E-state index contributed by atoms with van der Waals surface area (Å²) in [7, 11) is -1.16. The van der Waals surface area contributed by atoms with Crippen LogP contribution in [-0.4, -0.2) is 15.4 Å². The Morgan fingerprint density at radius 2 is 1.70 bits per heavy atom. The van der Waals surface area contributed by atoms with Crippen LogP contribution in [0.5, 0.6) is 11.5 Å². The van der Waals surface area contributed by atoms with Gasteiger partial charge < -0.3 is 4.74 Å². The number of nitrogens with zero attached hydrogens (tertiary/aromatic N) is 1. The highest BCUT2D eigenvalue weighted by Crippen LogP contribution is 2.33. The minimum absolute atomic E-state index is 0.604. The second kappa shape index (κ2) is 5.43. The lowest BCUT2D eigenvalue weighted by atomic mass is 10.2. The van der Waals surface area contributed by atoms with E-state index in [4.69, 9.17) is 4.74 Å². The molecule has 0 aliphatic heterocycles. The first-order chi connectivity index (χ1) is 9.75. The van der Waals surface area contributed by atoms with E-state index in [1.165, 1.54) is 0 Å². The van der Waals surface area contributed by atoms with E-state index in [1.54, 1.807) is 12.5 Å². The van der Waals surface area contributed by atoms with Crippen LogP contribution < -0.4 is 4.74 Å². The molecule has 1 unspecified atom stereocenters. The van der Waals surface area contributed by atoms with E-state index in [0.717, 1.165) is 16.7 Å². The molecule has 3 rings (SSSR count). The lowest BCUT2D eigenvalue weighted by Gasteiger charge is -2.12. The average molecular weight is 283 g/mol. The molecule has 0 bridgehead atoms. The fraction of sp³-hybridized carbons (Fsp3) is 0.0625. The van der Waals surface area contributed by atoms with Crippen LogP contribution in [0.4, 0.5) is 0 Å². The van der Waals surface area contributed by atoms with E-state index in [9.17, 15) is 4.21 Å². The summed E-state index contributed by atoms with van der Waals surface area (Å²) < 4.78 is 17.8. The molecule has 0 amide bonds. The van der Waals surface area contributed by atoms with Gasteiger partial charge in [-0.2, -0.15) is 0 Å². The molecule has 0 aliphatic rings. The van der Waals surface area contributed by atoms with Crippen molar-refractivity contribution in [1.29, 1.82) is 0 Å². The van der Waals surface area contributed by atoms with E-state index >= 15 is 0 Å². The third-order valence-corrected chi connectivity index (χ3v) is 3.88. The summed E-state index contributed by atoms with van der Waals surface area (Å²) in [6, 6.07) is 17.2. The van der Waals surface area contributed by atoms with Crippen LogP contribution in [0.25, 0.3) is 10.9 Å². The molecule has 3 nitrogen and oxygen atoms in total. The van der Waals surface area contributed by atoms with Gasteiger partial charge in [0.15, 0.2) is 5.75 Å². The molecule has 0 saturated carbocycles. The minimum Gasteiger partial charge on any atom is -0.455 e. The molecule has 0 fully saturated rings. The van der Waals surface area contributed by atoms with Gasteiger partial charge in [0.1, 0.15) is 10.6 Å². The van der Waals surface area contributed by atoms with Crippen molar-refractivity contribution in [2.24, 2.45) is 0 Å². The Hall–Kier alpha value is -2.20. The molecule has 1 atom stereocenters. The molecule has 1 aromatic heterocycles. The van der Waals surface area contributed by atoms with Gasteiger partial charge in [-0.3, -0.25) is 9.19 Å². The summed E-state index contributed by atoms with van der Waals surface area (Å²) in [6.45, 7) is 0. The van der Waals surface area contributed by atoms with Gasteiger partial charge in [-0.1, -0.05) is 30.3 Å². The van der Waals surface area contributed by atoms with Gasteiger partial charge in [-0.15, -0.1) is 0 Å². The van der Waals surface area contributed by atoms with E-state index in [0.29, 0.717) is 10.6 Å². The molecule has 0 radical (unpaired) electrons. The van der Waals surface area contributed by atoms with Crippen molar-refractivity contribution in [3.05, 3.63) is 60.8 Å². The minimum atomic E-state index is -1.16. The van der Waals surface area contributed by atoms with Crippen molar-refractivity contribution in [3.63, 3.8) is 0 Å². The molecular formula is C16H13NO2S. The van der Waals surface area contributed by atoms with E-state index < -0.39 is 10.8 Å². The highest BCUT2D eigenvalue weighted by atomic mass is 32.2. The molecule has 100 valence electrons. The average Bonchev–Trinajstić information content (AvgIpc) is 2.48. The Labute approximate surface area is 119 Å². The number of pyridine rings is 1. The molecule has 0 N–H and O–H groups in total. The van der Waals surface area contributed by atoms with Crippen LogP contribution in [-0.2, 0) is 10.8 Å². The number of aromatic nitrogens is 1. The van der Waals surface area contributed by atoms with Crippen LogP contribution in [0, 0.1) is 0 Å². The van der Waals surface area contributed by atoms with Crippen LogP contribution in [0.15, 0.2) is 65.7 Å². The van der Waals surface area contributed by atoms with Crippen LogP contribution in [0.1, 0.15) is 0 Å². The first-order valence-electron chi connectivity index (χ1n) is 6.20. The van der Waals surface area contributed by atoms with Gasteiger partial charge in [-0.25, -0.2) is 0 Å². The maximum absolute atomic E-state index is 11.9. The number of hydrogen-bond donors (Lipinski definition) is 0. The maximum Gasteiger partial charge on any atom is 0.154 e. The van der Waals surface area contributed by atoms with E-state index in [-0.39, 0.29) is 0 Å². The van der Waals surface area contributed by atoms with Crippen molar-refractivity contribution in [2.45, 2.75) is 4.90 Å². The number of benzene rings is 2. The lowest BCUT2D eigenvalue weighted by molar-refractivity contribution is 0.475. The summed E-state index contributed by atoms with van der Waals surface area (Å²) >= 11 is 0. The zero-order valence-electron chi connectivity index (χ0n) is 10.9. The largest absolute Gasteiger partial charge is 0.455 e.